The van der Waals surface area contributed by atoms with Crippen molar-refractivity contribution >= 4 is 8.07 Å². The highest BCUT2D eigenvalue weighted by atomic mass is 28.3. The van der Waals surface area contributed by atoms with Gasteiger partial charge in [0.05, 0.1) is 8.07 Å². The van der Waals surface area contributed by atoms with Gasteiger partial charge in [-0.1, -0.05) is 19.6 Å². The molecule has 0 rings (SSSR count). The van der Waals surface area contributed by atoms with Crippen LogP contribution in [0.2, 0.25) is 19.6 Å². The van der Waals surface area contributed by atoms with Crippen molar-refractivity contribution < 1.29 is 0 Å². The molecule has 0 saturated heterocycles. The van der Waals surface area contributed by atoms with Gasteiger partial charge < -0.3 is 11.1 Å². The SMILES string of the molecule is C[Si](C)(C)CNCCCN. The summed E-state index contributed by atoms with van der Waals surface area (Å²) in [5.74, 6) is 0. The molecule has 0 aliphatic carbocycles. The van der Waals surface area contributed by atoms with Crippen molar-refractivity contribution in [3.63, 3.8) is 0 Å². The molecule has 0 radical (unpaired) electrons. The van der Waals surface area contributed by atoms with Gasteiger partial charge in [-0.3, -0.25) is 0 Å². The van der Waals surface area contributed by atoms with Gasteiger partial charge in [0.2, 0.25) is 0 Å². The van der Waals surface area contributed by atoms with Crippen molar-refractivity contribution in [2.45, 2.75) is 26.1 Å². The number of nitrogens with one attached hydrogen (secondary N) is 1. The molecule has 0 aromatic rings. The molecular weight excluding hydrogens is 140 g/mol. The second-order valence-electron chi connectivity index (χ2n) is 3.88. The molecule has 0 aliphatic heterocycles. The summed E-state index contributed by atoms with van der Waals surface area (Å²) < 4.78 is 0. The molecule has 0 unspecified atom stereocenters. The summed E-state index contributed by atoms with van der Waals surface area (Å²) in [5, 5.41) is 3.41. The zero-order valence-corrected chi connectivity index (χ0v) is 8.41. The van der Waals surface area contributed by atoms with Crippen molar-refractivity contribution in [1.82, 2.24) is 5.32 Å². The third-order valence-electron chi connectivity index (χ3n) is 1.21. The fourth-order valence-electron chi connectivity index (χ4n) is 0.690. The van der Waals surface area contributed by atoms with Crippen molar-refractivity contribution in [1.29, 1.82) is 0 Å². The quantitative estimate of drug-likeness (QED) is 0.461. The first kappa shape index (κ1) is 10.1. The van der Waals surface area contributed by atoms with E-state index in [0.29, 0.717) is 0 Å². The summed E-state index contributed by atoms with van der Waals surface area (Å²) in [6.45, 7) is 8.98. The monoisotopic (exact) mass is 160 g/mol. The molecule has 0 atom stereocenters. The van der Waals surface area contributed by atoms with Crippen LogP contribution in [0.25, 0.3) is 0 Å². The predicted molar refractivity (Wildman–Crippen MR) is 49.9 cm³/mol. The Balaban J connectivity index is 3.04. The summed E-state index contributed by atoms with van der Waals surface area (Å²) in [7, 11) is -0.859. The van der Waals surface area contributed by atoms with Crippen LogP contribution in [0.5, 0.6) is 0 Å². The van der Waals surface area contributed by atoms with Gasteiger partial charge in [-0.15, -0.1) is 0 Å². The van der Waals surface area contributed by atoms with Crippen LogP contribution in [0.15, 0.2) is 0 Å². The number of hydrogen-bond acceptors (Lipinski definition) is 2. The molecule has 10 heavy (non-hydrogen) atoms. The maximum absolute atomic E-state index is 5.35. The van der Waals surface area contributed by atoms with Gasteiger partial charge in [-0.05, 0) is 25.7 Å². The van der Waals surface area contributed by atoms with E-state index in [1.54, 1.807) is 0 Å². The van der Waals surface area contributed by atoms with E-state index in [4.69, 9.17) is 5.73 Å². The molecule has 0 fully saturated rings. The summed E-state index contributed by atoms with van der Waals surface area (Å²) >= 11 is 0. The Bertz CT molecular complexity index is 78.2. The maximum atomic E-state index is 5.35. The summed E-state index contributed by atoms with van der Waals surface area (Å²) in [6, 6.07) is 0. The van der Waals surface area contributed by atoms with Crippen molar-refractivity contribution in [3.05, 3.63) is 0 Å². The van der Waals surface area contributed by atoms with Gasteiger partial charge in [-0.2, -0.15) is 0 Å². The highest BCUT2D eigenvalue weighted by Crippen LogP contribution is 1.96. The van der Waals surface area contributed by atoms with Crippen LogP contribution in [-0.4, -0.2) is 27.3 Å². The lowest BCUT2D eigenvalue weighted by Crippen LogP contribution is -2.37. The highest BCUT2D eigenvalue weighted by Gasteiger charge is 2.10. The first-order valence-corrected chi connectivity index (χ1v) is 7.68. The molecule has 3 heteroatoms. The Labute approximate surface area is 65.2 Å². The topological polar surface area (TPSA) is 38.0 Å². The van der Waals surface area contributed by atoms with E-state index in [1.165, 1.54) is 6.17 Å². The fourth-order valence-corrected chi connectivity index (χ4v) is 1.62. The first-order valence-electron chi connectivity index (χ1n) is 3.97. The molecule has 0 bridgehead atoms. The van der Waals surface area contributed by atoms with Crippen molar-refractivity contribution in [2.75, 3.05) is 19.3 Å². The molecule has 0 aliphatic rings. The molecule has 0 aromatic heterocycles. The molecule has 0 amide bonds. The van der Waals surface area contributed by atoms with Crippen LogP contribution in [-0.2, 0) is 0 Å². The molecule has 62 valence electrons. The van der Waals surface area contributed by atoms with Gasteiger partial charge in [0.25, 0.3) is 0 Å². The van der Waals surface area contributed by atoms with Gasteiger partial charge in [0, 0.05) is 0 Å². The second-order valence-corrected chi connectivity index (χ2v) is 9.35. The van der Waals surface area contributed by atoms with E-state index in [0.717, 1.165) is 19.5 Å². The van der Waals surface area contributed by atoms with Gasteiger partial charge in [0.1, 0.15) is 0 Å². The van der Waals surface area contributed by atoms with E-state index < -0.39 is 8.07 Å². The van der Waals surface area contributed by atoms with Crippen LogP contribution < -0.4 is 11.1 Å². The Hall–Kier alpha value is 0.137. The summed E-state index contributed by atoms with van der Waals surface area (Å²) in [6.07, 6.45) is 2.32. The Kier molecular flexibility index (Phi) is 4.94. The fraction of sp³-hybridized carbons (Fsp3) is 1.00. The molecule has 0 spiro atoms. The number of rotatable bonds is 5. The zero-order valence-electron chi connectivity index (χ0n) is 7.41. The van der Waals surface area contributed by atoms with Crippen LogP contribution in [0, 0.1) is 0 Å². The van der Waals surface area contributed by atoms with E-state index >= 15 is 0 Å². The predicted octanol–water partition coefficient (Wildman–Crippen LogP) is 0.802. The largest absolute Gasteiger partial charge is 0.330 e. The van der Waals surface area contributed by atoms with E-state index in [2.05, 4.69) is 25.0 Å². The minimum atomic E-state index is -0.859. The molecule has 0 heterocycles. The maximum Gasteiger partial charge on any atom is 0.0595 e. The van der Waals surface area contributed by atoms with E-state index in [-0.39, 0.29) is 0 Å². The van der Waals surface area contributed by atoms with Crippen molar-refractivity contribution in [3.8, 4) is 0 Å². The molecule has 2 nitrogen and oxygen atoms in total. The Morgan fingerprint density at radius 1 is 1.30 bits per heavy atom. The number of nitrogens with two attached hydrogens (primary N) is 1. The third-order valence-corrected chi connectivity index (χ3v) is 2.52. The van der Waals surface area contributed by atoms with Crippen LogP contribution in [0.3, 0.4) is 0 Å². The first-order chi connectivity index (χ1) is 4.56. The molecule has 3 N–H and O–H groups in total. The van der Waals surface area contributed by atoms with Crippen molar-refractivity contribution in [2.24, 2.45) is 5.73 Å². The Morgan fingerprint density at radius 3 is 2.30 bits per heavy atom. The zero-order chi connectivity index (χ0) is 8.04. The third kappa shape index (κ3) is 8.14. The molecule has 0 saturated carbocycles. The van der Waals surface area contributed by atoms with Gasteiger partial charge in [-0.25, -0.2) is 0 Å². The minimum Gasteiger partial charge on any atom is -0.330 e. The number of hydrogen-bond donors (Lipinski definition) is 2. The second kappa shape index (κ2) is 4.88. The van der Waals surface area contributed by atoms with Crippen LogP contribution in [0.1, 0.15) is 6.42 Å². The lowest BCUT2D eigenvalue weighted by molar-refractivity contribution is 0.710. The summed E-state index contributed by atoms with van der Waals surface area (Å²) in [5.41, 5.74) is 5.35. The lowest BCUT2D eigenvalue weighted by atomic mass is 10.4. The smallest absolute Gasteiger partial charge is 0.0595 e. The highest BCUT2D eigenvalue weighted by molar-refractivity contribution is 6.76. The van der Waals surface area contributed by atoms with Crippen LogP contribution in [0.4, 0.5) is 0 Å². The average Bonchev–Trinajstić information content (AvgIpc) is 1.78. The average molecular weight is 160 g/mol. The molecular formula is C7H20N2Si. The standard InChI is InChI=1S/C7H20N2Si/c1-10(2,3)7-9-6-4-5-8/h9H,4-8H2,1-3H3. The minimum absolute atomic E-state index is 0.804. The van der Waals surface area contributed by atoms with E-state index in [1.807, 2.05) is 0 Å². The van der Waals surface area contributed by atoms with Gasteiger partial charge in [0.15, 0.2) is 0 Å². The van der Waals surface area contributed by atoms with Gasteiger partial charge >= 0.3 is 0 Å². The molecule has 0 aromatic carbocycles. The van der Waals surface area contributed by atoms with E-state index in [9.17, 15) is 0 Å². The lowest BCUT2D eigenvalue weighted by Gasteiger charge is -2.15. The normalized spacial score (nSPS) is 12.0. The Morgan fingerprint density at radius 2 is 1.90 bits per heavy atom. The summed E-state index contributed by atoms with van der Waals surface area (Å²) in [4.78, 5) is 0. The van der Waals surface area contributed by atoms with Crippen LogP contribution >= 0.6 is 0 Å².